The Kier molecular flexibility index (Phi) is 3.30. The Morgan fingerprint density at radius 1 is 1.35 bits per heavy atom. The highest BCUT2D eigenvalue weighted by molar-refractivity contribution is 7.71. The second-order valence-corrected chi connectivity index (χ2v) is 3.94. The molecule has 0 unspecified atom stereocenters. The predicted octanol–water partition coefficient (Wildman–Crippen LogP) is 2.70. The van der Waals surface area contributed by atoms with E-state index in [0.717, 1.165) is 5.69 Å². The molecular weight excluding hydrogens is 234 g/mol. The van der Waals surface area contributed by atoms with Gasteiger partial charge < -0.3 is 10.3 Å². The number of aryl methyl sites for hydroxylation is 1. The maximum Gasteiger partial charge on any atom is 0.259 e. The van der Waals surface area contributed by atoms with Crippen LogP contribution in [0.15, 0.2) is 36.5 Å². The number of carbonyl (C=O) groups is 1. The zero-order valence-corrected chi connectivity index (χ0v) is 10.0. The second kappa shape index (κ2) is 4.88. The molecule has 86 valence electrons. The minimum absolute atomic E-state index is 0.259. The van der Waals surface area contributed by atoms with Crippen LogP contribution in [-0.4, -0.2) is 15.9 Å². The van der Waals surface area contributed by atoms with Gasteiger partial charge in [-0.05, 0) is 31.2 Å². The fourth-order valence-corrected chi connectivity index (χ4v) is 1.63. The molecule has 2 heterocycles. The molecule has 0 aliphatic carbocycles. The predicted molar refractivity (Wildman–Crippen MR) is 68.6 cm³/mol. The van der Waals surface area contributed by atoms with Crippen molar-refractivity contribution in [3.05, 3.63) is 52.4 Å². The molecule has 17 heavy (non-hydrogen) atoms. The van der Waals surface area contributed by atoms with Crippen LogP contribution in [0.2, 0.25) is 0 Å². The zero-order valence-electron chi connectivity index (χ0n) is 9.23. The molecule has 0 saturated carbocycles. The summed E-state index contributed by atoms with van der Waals surface area (Å²) in [5, 5.41) is 2.70. The molecule has 0 saturated heterocycles. The van der Waals surface area contributed by atoms with Crippen LogP contribution in [0, 0.1) is 11.6 Å². The molecular formula is C12H11N3OS. The van der Waals surface area contributed by atoms with E-state index in [1.54, 1.807) is 24.4 Å². The van der Waals surface area contributed by atoms with Gasteiger partial charge in [0.2, 0.25) is 0 Å². The quantitative estimate of drug-likeness (QED) is 0.800. The largest absolute Gasteiger partial charge is 0.352 e. The number of nitrogens with one attached hydrogen (secondary N) is 2. The van der Waals surface area contributed by atoms with E-state index < -0.39 is 0 Å². The van der Waals surface area contributed by atoms with Crippen LogP contribution in [0.25, 0.3) is 0 Å². The number of carbonyl (C=O) groups excluding carboxylic acids is 1. The molecule has 0 bridgehead atoms. The van der Waals surface area contributed by atoms with E-state index >= 15 is 0 Å². The average molecular weight is 245 g/mol. The van der Waals surface area contributed by atoms with Gasteiger partial charge in [-0.25, -0.2) is 4.98 Å². The standard InChI is InChI=1S/C12H11N3OS/c1-8-4-2-6-10(14-8)15-11(16)9-5-3-7-13-12(9)17/h2-7H,1H3,(H,13,17)(H,14,15,16). The first-order valence-corrected chi connectivity index (χ1v) is 5.50. The van der Waals surface area contributed by atoms with Gasteiger partial charge in [0.05, 0.1) is 5.56 Å². The van der Waals surface area contributed by atoms with Gasteiger partial charge in [-0.1, -0.05) is 18.3 Å². The summed E-state index contributed by atoms with van der Waals surface area (Å²) in [5.74, 6) is 0.262. The van der Waals surface area contributed by atoms with Crippen molar-refractivity contribution in [2.45, 2.75) is 6.92 Å². The summed E-state index contributed by atoms with van der Waals surface area (Å²) in [6.07, 6.45) is 1.68. The highest BCUT2D eigenvalue weighted by atomic mass is 32.1. The van der Waals surface area contributed by atoms with Gasteiger partial charge in [-0.2, -0.15) is 0 Å². The summed E-state index contributed by atoms with van der Waals surface area (Å²) in [6, 6.07) is 8.84. The third-order valence-electron chi connectivity index (χ3n) is 2.19. The Morgan fingerprint density at radius 3 is 2.88 bits per heavy atom. The van der Waals surface area contributed by atoms with Crippen LogP contribution < -0.4 is 5.32 Å². The number of aromatic nitrogens is 2. The third kappa shape index (κ3) is 2.76. The second-order valence-electron chi connectivity index (χ2n) is 3.53. The highest BCUT2D eigenvalue weighted by Gasteiger charge is 2.08. The van der Waals surface area contributed by atoms with Crippen molar-refractivity contribution >= 4 is 23.9 Å². The molecule has 0 atom stereocenters. The lowest BCUT2D eigenvalue weighted by Gasteiger charge is -2.04. The summed E-state index contributed by atoms with van der Waals surface area (Å²) < 4.78 is 0.414. The summed E-state index contributed by atoms with van der Waals surface area (Å²) in [7, 11) is 0. The minimum atomic E-state index is -0.259. The number of hydrogen-bond donors (Lipinski definition) is 2. The number of H-pyrrole nitrogens is 1. The maximum atomic E-state index is 11.9. The molecule has 1 amide bonds. The van der Waals surface area contributed by atoms with Gasteiger partial charge in [0, 0.05) is 11.9 Å². The van der Waals surface area contributed by atoms with Gasteiger partial charge in [0.25, 0.3) is 5.91 Å². The van der Waals surface area contributed by atoms with Crippen LogP contribution in [0.5, 0.6) is 0 Å². The van der Waals surface area contributed by atoms with Gasteiger partial charge in [0.15, 0.2) is 0 Å². The van der Waals surface area contributed by atoms with Crippen LogP contribution in [0.4, 0.5) is 5.82 Å². The van der Waals surface area contributed by atoms with E-state index in [1.807, 2.05) is 19.1 Å². The van der Waals surface area contributed by atoms with E-state index in [1.165, 1.54) is 0 Å². The van der Waals surface area contributed by atoms with Gasteiger partial charge in [0.1, 0.15) is 10.5 Å². The molecule has 2 N–H and O–H groups in total. The lowest BCUT2D eigenvalue weighted by atomic mass is 10.2. The fraction of sp³-hybridized carbons (Fsp3) is 0.0833. The number of pyridine rings is 2. The molecule has 2 aromatic heterocycles. The normalized spacial score (nSPS) is 9.94. The van der Waals surface area contributed by atoms with Crippen LogP contribution in [0.1, 0.15) is 16.1 Å². The lowest BCUT2D eigenvalue weighted by Crippen LogP contribution is -2.14. The summed E-state index contributed by atoms with van der Waals surface area (Å²) in [6.45, 7) is 1.87. The number of amides is 1. The van der Waals surface area contributed by atoms with Gasteiger partial charge >= 0.3 is 0 Å². The van der Waals surface area contributed by atoms with E-state index in [-0.39, 0.29) is 5.91 Å². The van der Waals surface area contributed by atoms with E-state index in [4.69, 9.17) is 12.2 Å². The Morgan fingerprint density at radius 2 is 2.18 bits per heavy atom. The highest BCUT2D eigenvalue weighted by Crippen LogP contribution is 2.07. The Bertz CT molecular complexity index is 606. The van der Waals surface area contributed by atoms with Crippen molar-refractivity contribution in [2.75, 3.05) is 5.32 Å². The maximum absolute atomic E-state index is 11.9. The van der Waals surface area contributed by atoms with Crippen molar-refractivity contribution < 1.29 is 4.79 Å². The number of nitrogens with zero attached hydrogens (tertiary/aromatic N) is 1. The third-order valence-corrected chi connectivity index (χ3v) is 2.53. The monoisotopic (exact) mass is 245 g/mol. The molecule has 4 nitrogen and oxygen atoms in total. The lowest BCUT2D eigenvalue weighted by molar-refractivity contribution is 0.102. The van der Waals surface area contributed by atoms with E-state index in [9.17, 15) is 4.79 Å². The molecule has 0 aliphatic rings. The van der Waals surface area contributed by atoms with Crippen LogP contribution in [0.3, 0.4) is 0 Å². The summed E-state index contributed by atoms with van der Waals surface area (Å²) in [4.78, 5) is 18.9. The molecule has 0 aliphatic heterocycles. The van der Waals surface area contributed by atoms with E-state index in [0.29, 0.717) is 16.0 Å². The number of rotatable bonds is 2. The summed E-state index contributed by atoms with van der Waals surface area (Å²) in [5.41, 5.74) is 1.28. The Labute approximate surface area is 104 Å². The molecule has 0 aromatic carbocycles. The topological polar surface area (TPSA) is 57.8 Å². The first-order chi connectivity index (χ1) is 8.16. The smallest absolute Gasteiger partial charge is 0.259 e. The van der Waals surface area contributed by atoms with Gasteiger partial charge in [-0.15, -0.1) is 0 Å². The van der Waals surface area contributed by atoms with Crippen LogP contribution >= 0.6 is 12.2 Å². The molecule has 2 aromatic rings. The van der Waals surface area contributed by atoms with Crippen LogP contribution in [-0.2, 0) is 0 Å². The van der Waals surface area contributed by atoms with Crippen molar-refractivity contribution in [2.24, 2.45) is 0 Å². The Hall–Kier alpha value is -2.01. The summed E-state index contributed by atoms with van der Waals surface area (Å²) >= 11 is 5.03. The number of anilines is 1. The number of hydrogen-bond acceptors (Lipinski definition) is 3. The van der Waals surface area contributed by atoms with Crippen molar-refractivity contribution in [1.82, 2.24) is 9.97 Å². The SMILES string of the molecule is Cc1cccc(NC(=O)c2ccc[nH]c2=S)n1. The first-order valence-electron chi connectivity index (χ1n) is 5.09. The molecule has 0 spiro atoms. The van der Waals surface area contributed by atoms with Crippen molar-refractivity contribution in [3.63, 3.8) is 0 Å². The van der Waals surface area contributed by atoms with Crippen molar-refractivity contribution in [1.29, 1.82) is 0 Å². The molecule has 2 rings (SSSR count). The first kappa shape index (κ1) is 11.5. The van der Waals surface area contributed by atoms with E-state index in [2.05, 4.69) is 15.3 Å². The molecule has 0 fully saturated rings. The van der Waals surface area contributed by atoms with Gasteiger partial charge in [-0.3, -0.25) is 4.79 Å². The molecule has 5 heteroatoms. The van der Waals surface area contributed by atoms with Crippen molar-refractivity contribution in [3.8, 4) is 0 Å². The zero-order chi connectivity index (χ0) is 12.3. The number of aromatic amines is 1. The minimum Gasteiger partial charge on any atom is -0.352 e. The molecule has 0 radical (unpaired) electrons. The average Bonchev–Trinajstić information content (AvgIpc) is 2.29. The Balaban J connectivity index is 2.23. The fourth-order valence-electron chi connectivity index (χ4n) is 1.40.